The second kappa shape index (κ2) is 11.8. The smallest absolute Gasteiger partial charge is 0.416 e. The average Bonchev–Trinajstić information content (AvgIpc) is 3.25. The van der Waals surface area contributed by atoms with Gasteiger partial charge in [0, 0.05) is 19.0 Å². The van der Waals surface area contributed by atoms with Crippen LogP contribution >= 0.6 is 0 Å². The van der Waals surface area contributed by atoms with Gasteiger partial charge in [-0.1, -0.05) is 12.1 Å². The zero-order chi connectivity index (χ0) is 28.4. The summed E-state index contributed by atoms with van der Waals surface area (Å²) in [6.45, 7) is 1.73. The molecule has 0 radical (unpaired) electrons. The monoisotopic (exact) mass is 561 g/mol. The van der Waals surface area contributed by atoms with Crippen molar-refractivity contribution in [1.82, 2.24) is 4.90 Å². The van der Waals surface area contributed by atoms with Crippen LogP contribution in [0.3, 0.4) is 0 Å². The second-order valence-corrected chi connectivity index (χ2v) is 10.4. The molecular weight excluding hydrogens is 531 g/mol. The molecule has 39 heavy (non-hydrogen) atoms. The van der Waals surface area contributed by atoms with Crippen LogP contribution in [0.2, 0.25) is 0 Å². The maximum Gasteiger partial charge on any atom is 0.416 e. The quantitative estimate of drug-likeness (QED) is 0.361. The van der Waals surface area contributed by atoms with Gasteiger partial charge in [0.05, 0.1) is 29.8 Å². The molecule has 1 saturated heterocycles. The van der Waals surface area contributed by atoms with Gasteiger partial charge in [0.15, 0.2) is 0 Å². The van der Waals surface area contributed by atoms with Crippen molar-refractivity contribution < 1.29 is 45.4 Å². The molecule has 0 aromatic heterocycles. The van der Waals surface area contributed by atoms with E-state index in [0.717, 1.165) is 24.9 Å². The molecule has 3 unspecified atom stereocenters. The SMILES string of the molecule is O=C(O)[C@@H]1CCCN(CC2CCC(OCCc3cc(C(F)(F)F)cc(C(F)(F)F)c3)C2c2ccc(F)cc2)C1. The van der Waals surface area contributed by atoms with Gasteiger partial charge in [-0.3, -0.25) is 4.79 Å². The summed E-state index contributed by atoms with van der Waals surface area (Å²) in [6.07, 6.45) is -7.61. The molecule has 4 nitrogen and oxygen atoms in total. The number of halogens is 7. The first-order valence-electron chi connectivity index (χ1n) is 12.9. The van der Waals surface area contributed by atoms with Crippen molar-refractivity contribution in [3.63, 3.8) is 0 Å². The third kappa shape index (κ3) is 7.51. The molecule has 214 valence electrons. The van der Waals surface area contributed by atoms with Crippen LogP contribution in [-0.2, 0) is 28.3 Å². The minimum absolute atomic E-state index is 0.0680. The van der Waals surface area contributed by atoms with Crippen molar-refractivity contribution in [1.29, 1.82) is 0 Å². The lowest BCUT2D eigenvalue weighted by molar-refractivity contribution is -0.144. The summed E-state index contributed by atoms with van der Waals surface area (Å²) in [5.41, 5.74) is -2.02. The number of piperidine rings is 1. The topological polar surface area (TPSA) is 49.8 Å². The molecule has 2 aromatic rings. The Morgan fingerprint density at radius 1 is 0.949 bits per heavy atom. The Kier molecular flexibility index (Phi) is 8.90. The Balaban J connectivity index is 1.47. The lowest BCUT2D eigenvalue weighted by atomic mass is 9.86. The third-order valence-electron chi connectivity index (χ3n) is 7.70. The Bertz CT molecular complexity index is 1100. The first-order chi connectivity index (χ1) is 18.3. The van der Waals surface area contributed by atoms with E-state index in [1.165, 1.54) is 12.1 Å². The largest absolute Gasteiger partial charge is 0.481 e. The number of benzene rings is 2. The van der Waals surface area contributed by atoms with Gasteiger partial charge in [-0.25, -0.2) is 4.39 Å². The molecular formula is C28H30F7NO3. The van der Waals surface area contributed by atoms with Crippen molar-refractivity contribution in [2.45, 2.75) is 56.5 Å². The number of likely N-dealkylation sites (tertiary alicyclic amines) is 1. The fraction of sp³-hybridized carbons (Fsp3) is 0.536. The molecule has 0 amide bonds. The van der Waals surface area contributed by atoms with Gasteiger partial charge in [-0.2, -0.15) is 26.3 Å². The zero-order valence-electron chi connectivity index (χ0n) is 21.1. The van der Waals surface area contributed by atoms with Crippen LogP contribution in [0.5, 0.6) is 0 Å². The number of nitrogens with zero attached hydrogens (tertiary/aromatic N) is 1. The molecule has 2 fully saturated rings. The normalized spacial score (nSPS) is 24.7. The highest BCUT2D eigenvalue weighted by Gasteiger charge is 2.40. The van der Waals surface area contributed by atoms with Crippen molar-refractivity contribution in [2.75, 3.05) is 26.2 Å². The van der Waals surface area contributed by atoms with Gasteiger partial charge < -0.3 is 14.7 Å². The molecule has 2 aliphatic rings. The molecule has 1 aliphatic heterocycles. The van der Waals surface area contributed by atoms with E-state index in [2.05, 4.69) is 4.90 Å². The minimum Gasteiger partial charge on any atom is -0.481 e. The number of carboxylic acids is 1. The molecule has 4 atom stereocenters. The van der Waals surface area contributed by atoms with E-state index in [-0.39, 0.29) is 42.6 Å². The van der Waals surface area contributed by atoms with E-state index in [1.807, 2.05) is 0 Å². The summed E-state index contributed by atoms with van der Waals surface area (Å²) in [6, 6.07) is 7.52. The van der Waals surface area contributed by atoms with Crippen LogP contribution in [-0.4, -0.2) is 48.3 Å². The number of carbonyl (C=O) groups is 1. The van der Waals surface area contributed by atoms with Gasteiger partial charge in [-0.05, 0) is 86.0 Å². The molecule has 1 N–H and O–H groups in total. The van der Waals surface area contributed by atoms with E-state index in [1.54, 1.807) is 12.1 Å². The van der Waals surface area contributed by atoms with Crippen LogP contribution in [0.25, 0.3) is 0 Å². The first kappa shape index (κ1) is 29.3. The molecule has 1 saturated carbocycles. The zero-order valence-corrected chi connectivity index (χ0v) is 21.1. The lowest BCUT2D eigenvalue weighted by Crippen LogP contribution is -2.42. The van der Waals surface area contributed by atoms with Crippen molar-refractivity contribution in [2.24, 2.45) is 11.8 Å². The van der Waals surface area contributed by atoms with Crippen LogP contribution in [0.15, 0.2) is 42.5 Å². The number of carboxylic acid groups (broad SMARTS) is 1. The second-order valence-electron chi connectivity index (χ2n) is 10.4. The summed E-state index contributed by atoms with van der Waals surface area (Å²) in [5.74, 6) is -1.78. The van der Waals surface area contributed by atoms with Crippen LogP contribution < -0.4 is 0 Å². The maximum absolute atomic E-state index is 13.6. The standard InChI is InChI=1S/C28H30F7NO3/c29-23-6-3-18(4-7-23)25-19(15-36-10-1-2-20(16-36)26(37)38)5-8-24(25)39-11-9-17-12-21(27(30,31)32)14-22(13-17)28(33,34)35/h3-4,6-7,12-14,19-20,24-25H,1-2,5,8-11,15-16H2,(H,37,38)/t19?,20-,24?,25?/m1/s1. The lowest BCUT2D eigenvalue weighted by Gasteiger charge is -2.35. The van der Waals surface area contributed by atoms with E-state index in [4.69, 9.17) is 4.74 Å². The average molecular weight is 562 g/mol. The van der Waals surface area contributed by atoms with Crippen molar-refractivity contribution in [3.8, 4) is 0 Å². The van der Waals surface area contributed by atoms with Crippen molar-refractivity contribution in [3.05, 3.63) is 70.5 Å². The predicted molar refractivity (Wildman–Crippen MR) is 129 cm³/mol. The number of ether oxygens (including phenoxy) is 1. The van der Waals surface area contributed by atoms with Gasteiger partial charge in [-0.15, -0.1) is 0 Å². The summed E-state index contributed by atoms with van der Waals surface area (Å²) < 4.78 is 99.0. The number of hydrogen-bond acceptors (Lipinski definition) is 3. The Morgan fingerprint density at radius 3 is 2.18 bits per heavy atom. The maximum atomic E-state index is 13.6. The highest BCUT2D eigenvalue weighted by atomic mass is 19.4. The van der Waals surface area contributed by atoms with Crippen LogP contribution in [0, 0.1) is 17.7 Å². The number of alkyl halides is 6. The molecule has 4 rings (SSSR count). The number of hydrogen-bond donors (Lipinski definition) is 1. The van der Waals surface area contributed by atoms with Gasteiger partial charge in [0.25, 0.3) is 0 Å². The van der Waals surface area contributed by atoms with E-state index in [0.29, 0.717) is 38.1 Å². The molecule has 1 aliphatic carbocycles. The highest BCUT2D eigenvalue weighted by Crippen LogP contribution is 2.43. The fourth-order valence-electron chi connectivity index (χ4n) is 5.85. The molecule has 0 spiro atoms. The summed E-state index contributed by atoms with van der Waals surface area (Å²) in [7, 11) is 0. The van der Waals surface area contributed by atoms with Gasteiger partial charge >= 0.3 is 18.3 Å². The molecule has 11 heteroatoms. The fourth-order valence-corrected chi connectivity index (χ4v) is 5.85. The third-order valence-corrected chi connectivity index (χ3v) is 7.70. The van der Waals surface area contributed by atoms with Crippen LogP contribution in [0.1, 0.15) is 53.9 Å². The van der Waals surface area contributed by atoms with E-state index < -0.39 is 41.2 Å². The van der Waals surface area contributed by atoms with Crippen molar-refractivity contribution >= 4 is 5.97 Å². The van der Waals surface area contributed by atoms with E-state index >= 15 is 0 Å². The summed E-state index contributed by atoms with van der Waals surface area (Å²) in [5, 5.41) is 9.42. The highest BCUT2D eigenvalue weighted by molar-refractivity contribution is 5.70. The Hall–Kier alpha value is -2.66. The summed E-state index contributed by atoms with van der Waals surface area (Å²) in [4.78, 5) is 13.6. The molecule has 1 heterocycles. The summed E-state index contributed by atoms with van der Waals surface area (Å²) >= 11 is 0. The first-order valence-corrected chi connectivity index (χ1v) is 12.9. The minimum atomic E-state index is -4.92. The molecule has 2 aromatic carbocycles. The van der Waals surface area contributed by atoms with Crippen LogP contribution in [0.4, 0.5) is 30.7 Å². The Labute approximate surface area is 221 Å². The number of rotatable bonds is 8. The predicted octanol–water partition coefficient (Wildman–Crippen LogP) is 6.78. The van der Waals surface area contributed by atoms with Gasteiger partial charge in [0.1, 0.15) is 5.82 Å². The molecule has 0 bridgehead atoms. The van der Waals surface area contributed by atoms with E-state index in [9.17, 15) is 40.6 Å². The van der Waals surface area contributed by atoms with Gasteiger partial charge in [0.2, 0.25) is 0 Å². The number of aliphatic carboxylic acids is 1. The Morgan fingerprint density at radius 2 is 1.59 bits per heavy atom.